The van der Waals surface area contributed by atoms with Crippen LogP contribution < -0.4 is 0 Å². The van der Waals surface area contributed by atoms with Gasteiger partial charge in [-0.15, -0.1) is 10.2 Å². The van der Waals surface area contributed by atoms with E-state index in [0.717, 1.165) is 30.1 Å². The van der Waals surface area contributed by atoms with Gasteiger partial charge in [-0.05, 0) is 31.9 Å². The first kappa shape index (κ1) is 11.3. The minimum atomic E-state index is 0.0491. The van der Waals surface area contributed by atoms with Crippen molar-refractivity contribution in [1.29, 1.82) is 0 Å². The lowest BCUT2D eigenvalue weighted by Crippen LogP contribution is -2.25. The molecule has 2 heterocycles. The highest BCUT2D eigenvalue weighted by Crippen LogP contribution is 2.46. The number of aryl methyl sites for hydroxylation is 1. The minimum absolute atomic E-state index is 0.0491. The monoisotopic (exact) mass is 244 g/mol. The SMILES string of the molecule is COCC1(n2c(C)nnc2-c2cccnc2)CC1. The molecule has 0 aromatic carbocycles. The summed E-state index contributed by atoms with van der Waals surface area (Å²) in [6.07, 6.45) is 5.82. The lowest BCUT2D eigenvalue weighted by atomic mass is 10.2. The molecule has 1 fully saturated rings. The van der Waals surface area contributed by atoms with Crippen molar-refractivity contribution in [2.24, 2.45) is 0 Å². The average molecular weight is 244 g/mol. The molecule has 2 aromatic heterocycles. The molecule has 3 rings (SSSR count). The first-order valence-electron chi connectivity index (χ1n) is 6.09. The predicted octanol–water partition coefficient (Wildman–Crippen LogP) is 1.78. The molecule has 0 spiro atoms. The Morgan fingerprint density at radius 2 is 2.22 bits per heavy atom. The molecule has 1 aliphatic carbocycles. The third-order valence-corrected chi connectivity index (χ3v) is 3.46. The molecule has 18 heavy (non-hydrogen) atoms. The molecule has 94 valence electrons. The highest BCUT2D eigenvalue weighted by molar-refractivity contribution is 5.54. The highest BCUT2D eigenvalue weighted by atomic mass is 16.5. The Kier molecular flexibility index (Phi) is 2.63. The van der Waals surface area contributed by atoms with Crippen LogP contribution in [0.1, 0.15) is 18.7 Å². The number of rotatable bonds is 4. The fraction of sp³-hybridized carbons (Fsp3) is 0.462. The molecule has 5 heteroatoms. The topological polar surface area (TPSA) is 52.8 Å². The molecule has 0 saturated heterocycles. The largest absolute Gasteiger partial charge is 0.382 e. The molecule has 1 aliphatic rings. The van der Waals surface area contributed by atoms with Gasteiger partial charge in [0.2, 0.25) is 0 Å². The van der Waals surface area contributed by atoms with Crippen molar-refractivity contribution in [3.63, 3.8) is 0 Å². The van der Waals surface area contributed by atoms with Gasteiger partial charge in [-0.3, -0.25) is 4.98 Å². The molecular formula is C13H16N4O. The number of hydrogen-bond donors (Lipinski definition) is 0. The van der Waals surface area contributed by atoms with Crippen LogP contribution in [-0.2, 0) is 10.3 Å². The quantitative estimate of drug-likeness (QED) is 0.822. The lowest BCUT2D eigenvalue weighted by molar-refractivity contribution is 0.143. The van der Waals surface area contributed by atoms with E-state index in [1.54, 1.807) is 13.3 Å². The first-order chi connectivity index (χ1) is 8.77. The molecule has 1 saturated carbocycles. The van der Waals surface area contributed by atoms with Crippen molar-refractivity contribution in [1.82, 2.24) is 19.7 Å². The summed E-state index contributed by atoms with van der Waals surface area (Å²) in [6, 6.07) is 3.93. The zero-order chi connectivity index (χ0) is 12.6. The summed E-state index contributed by atoms with van der Waals surface area (Å²) in [5, 5.41) is 8.50. The molecule has 2 aromatic rings. The van der Waals surface area contributed by atoms with E-state index in [1.807, 2.05) is 25.3 Å². The Morgan fingerprint density at radius 1 is 1.39 bits per heavy atom. The Balaban J connectivity index is 2.08. The smallest absolute Gasteiger partial charge is 0.166 e. The van der Waals surface area contributed by atoms with Gasteiger partial charge in [0.15, 0.2) is 5.82 Å². The molecule has 0 N–H and O–H groups in total. The Hall–Kier alpha value is -1.75. The standard InChI is InChI=1S/C13H16N4O/c1-10-15-16-12(11-4-3-7-14-8-11)17(10)13(5-6-13)9-18-2/h3-4,7-8H,5-6,9H2,1-2H3. The lowest BCUT2D eigenvalue weighted by Gasteiger charge is -2.19. The summed E-state index contributed by atoms with van der Waals surface area (Å²) in [6.45, 7) is 2.70. The van der Waals surface area contributed by atoms with Crippen LogP contribution in [0.3, 0.4) is 0 Å². The molecule has 0 unspecified atom stereocenters. The van der Waals surface area contributed by atoms with Gasteiger partial charge in [0.25, 0.3) is 0 Å². The summed E-state index contributed by atoms with van der Waals surface area (Å²) in [4.78, 5) is 4.15. The second kappa shape index (κ2) is 4.17. The fourth-order valence-electron chi connectivity index (χ4n) is 2.46. The van der Waals surface area contributed by atoms with Gasteiger partial charge in [-0.2, -0.15) is 0 Å². The molecule has 0 atom stereocenters. The molecule has 0 amide bonds. The van der Waals surface area contributed by atoms with Crippen LogP contribution in [-0.4, -0.2) is 33.5 Å². The number of nitrogens with zero attached hydrogens (tertiary/aromatic N) is 4. The zero-order valence-electron chi connectivity index (χ0n) is 10.6. The van der Waals surface area contributed by atoms with Gasteiger partial charge in [-0.25, -0.2) is 0 Å². The number of methoxy groups -OCH3 is 1. The fourth-order valence-corrected chi connectivity index (χ4v) is 2.46. The molecular weight excluding hydrogens is 228 g/mol. The average Bonchev–Trinajstić information content (AvgIpc) is 3.05. The Morgan fingerprint density at radius 3 is 2.83 bits per heavy atom. The van der Waals surface area contributed by atoms with Crippen LogP contribution in [0.15, 0.2) is 24.5 Å². The van der Waals surface area contributed by atoms with Crippen molar-refractivity contribution >= 4 is 0 Å². The second-order valence-corrected chi connectivity index (χ2v) is 4.81. The van der Waals surface area contributed by atoms with Gasteiger partial charge in [-0.1, -0.05) is 0 Å². The molecule has 0 bridgehead atoms. The Bertz CT molecular complexity index is 545. The Labute approximate surface area is 106 Å². The molecule has 0 radical (unpaired) electrons. The third-order valence-electron chi connectivity index (χ3n) is 3.46. The van der Waals surface area contributed by atoms with Crippen LogP contribution >= 0.6 is 0 Å². The van der Waals surface area contributed by atoms with Crippen molar-refractivity contribution < 1.29 is 4.74 Å². The summed E-state index contributed by atoms with van der Waals surface area (Å²) in [5.74, 6) is 1.82. The number of hydrogen-bond acceptors (Lipinski definition) is 4. The van der Waals surface area contributed by atoms with Gasteiger partial charge >= 0.3 is 0 Å². The van der Waals surface area contributed by atoms with Gasteiger partial charge in [0.1, 0.15) is 5.82 Å². The van der Waals surface area contributed by atoms with Crippen LogP contribution in [0.25, 0.3) is 11.4 Å². The summed E-state index contributed by atoms with van der Waals surface area (Å²) < 4.78 is 7.55. The maximum absolute atomic E-state index is 5.35. The van der Waals surface area contributed by atoms with Gasteiger partial charge < -0.3 is 9.30 Å². The van der Waals surface area contributed by atoms with Gasteiger partial charge in [0, 0.05) is 25.1 Å². The van der Waals surface area contributed by atoms with E-state index < -0.39 is 0 Å². The maximum Gasteiger partial charge on any atom is 0.166 e. The number of aromatic nitrogens is 4. The van der Waals surface area contributed by atoms with E-state index in [0.29, 0.717) is 6.61 Å². The molecule has 0 aliphatic heterocycles. The third kappa shape index (κ3) is 1.71. The second-order valence-electron chi connectivity index (χ2n) is 4.81. The maximum atomic E-state index is 5.35. The van der Waals surface area contributed by atoms with E-state index in [2.05, 4.69) is 19.7 Å². The summed E-state index contributed by atoms with van der Waals surface area (Å²) in [7, 11) is 1.74. The van der Waals surface area contributed by atoms with E-state index in [-0.39, 0.29) is 5.54 Å². The van der Waals surface area contributed by atoms with Crippen molar-refractivity contribution in [3.8, 4) is 11.4 Å². The summed E-state index contributed by atoms with van der Waals surface area (Å²) >= 11 is 0. The van der Waals surface area contributed by atoms with Crippen LogP contribution in [0.4, 0.5) is 0 Å². The van der Waals surface area contributed by atoms with Crippen LogP contribution in [0.2, 0.25) is 0 Å². The van der Waals surface area contributed by atoms with Crippen molar-refractivity contribution in [3.05, 3.63) is 30.4 Å². The van der Waals surface area contributed by atoms with Crippen molar-refractivity contribution in [2.45, 2.75) is 25.3 Å². The van der Waals surface area contributed by atoms with Crippen LogP contribution in [0.5, 0.6) is 0 Å². The normalized spacial score (nSPS) is 16.8. The zero-order valence-corrected chi connectivity index (χ0v) is 10.6. The first-order valence-corrected chi connectivity index (χ1v) is 6.09. The highest BCUT2D eigenvalue weighted by Gasteiger charge is 2.47. The predicted molar refractivity (Wildman–Crippen MR) is 67.1 cm³/mol. The van der Waals surface area contributed by atoms with E-state index in [9.17, 15) is 0 Å². The van der Waals surface area contributed by atoms with E-state index in [1.165, 1.54) is 0 Å². The minimum Gasteiger partial charge on any atom is -0.382 e. The van der Waals surface area contributed by atoms with E-state index in [4.69, 9.17) is 4.74 Å². The van der Waals surface area contributed by atoms with E-state index >= 15 is 0 Å². The van der Waals surface area contributed by atoms with Gasteiger partial charge in [0.05, 0.1) is 12.1 Å². The number of pyridine rings is 1. The molecule has 5 nitrogen and oxygen atoms in total. The number of ether oxygens (including phenoxy) is 1. The van der Waals surface area contributed by atoms with Crippen LogP contribution in [0, 0.1) is 6.92 Å². The van der Waals surface area contributed by atoms with Crippen molar-refractivity contribution in [2.75, 3.05) is 13.7 Å². The summed E-state index contributed by atoms with van der Waals surface area (Å²) in [5.41, 5.74) is 1.05.